The van der Waals surface area contributed by atoms with Gasteiger partial charge in [-0.1, -0.05) is 11.6 Å². The molecule has 154 valence electrons. The second-order valence-electron chi connectivity index (χ2n) is 6.70. The molecule has 1 amide bonds. The second kappa shape index (κ2) is 9.13. The van der Waals surface area contributed by atoms with Gasteiger partial charge in [0.25, 0.3) is 10.0 Å². The molecule has 1 fully saturated rings. The highest BCUT2D eigenvalue weighted by atomic mass is 35.5. The zero-order chi connectivity index (χ0) is 21.0. The van der Waals surface area contributed by atoms with E-state index in [1.807, 2.05) is 12.1 Å². The monoisotopic (exact) mass is 452 g/mol. The van der Waals surface area contributed by atoms with Crippen LogP contribution in [0.25, 0.3) is 0 Å². The summed E-state index contributed by atoms with van der Waals surface area (Å²) in [6.07, 6.45) is 0.780. The van der Waals surface area contributed by atoms with Crippen molar-refractivity contribution in [2.75, 3.05) is 44.7 Å². The van der Waals surface area contributed by atoms with Gasteiger partial charge < -0.3 is 9.80 Å². The summed E-state index contributed by atoms with van der Waals surface area (Å²) in [5, 5.41) is 8.92. The maximum absolute atomic E-state index is 12.7. The number of halogens is 1. The number of rotatable bonds is 5. The topological polar surface area (TPSA) is 84.7 Å². The van der Waals surface area contributed by atoms with Gasteiger partial charge in [0.1, 0.15) is 4.21 Å². The number of amides is 1. The van der Waals surface area contributed by atoms with Crippen LogP contribution < -0.4 is 4.90 Å². The number of sulfonamides is 1. The van der Waals surface area contributed by atoms with Crippen LogP contribution in [0.4, 0.5) is 5.69 Å². The Morgan fingerprint density at radius 3 is 2.52 bits per heavy atom. The minimum absolute atomic E-state index is 0.126. The lowest BCUT2D eigenvalue weighted by Crippen LogP contribution is -2.42. The van der Waals surface area contributed by atoms with E-state index in [0.717, 1.165) is 34.3 Å². The van der Waals surface area contributed by atoms with Crippen molar-refractivity contribution < 1.29 is 13.2 Å². The van der Waals surface area contributed by atoms with Crippen LogP contribution in [0.1, 0.15) is 12.0 Å². The van der Waals surface area contributed by atoms with Crippen molar-refractivity contribution in [1.29, 1.82) is 5.26 Å². The fourth-order valence-corrected chi connectivity index (χ4v) is 5.95. The lowest BCUT2D eigenvalue weighted by Gasteiger charge is -2.25. The van der Waals surface area contributed by atoms with E-state index in [2.05, 4.69) is 11.0 Å². The lowest BCUT2D eigenvalue weighted by molar-refractivity contribution is -0.131. The zero-order valence-electron chi connectivity index (χ0n) is 15.9. The van der Waals surface area contributed by atoms with Crippen LogP contribution in [0.15, 0.2) is 40.6 Å². The van der Waals surface area contributed by atoms with E-state index in [4.69, 9.17) is 16.9 Å². The highest BCUT2D eigenvalue weighted by molar-refractivity contribution is 7.91. The van der Waals surface area contributed by atoms with Crippen molar-refractivity contribution >= 4 is 44.6 Å². The molecule has 0 aliphatic carbocycles. The smallest absolute Gasteiger partial charge is 0.252 e. The van der Waals surface area contributed by atoms with E-state index in [9.17, 15) is 13.2 Å². The minimum atomic E-state index is -3.74. The largest absolute Gasteiger partial charge is 0.370 e. The first-order valence-corrected chi connectivity index (χ1v) is 11.7. The van der Waals surface area contributed by atoms with E-state index < -0.39 is 10.0 Å². The summed E-state index contributed by atoms with van der Waals surface area (Å²) in [6.45, 7) is 2.31. The Balaban J connectivity index is 1.61. The number of nitriles is 1. The van der Waals surface area contributed by atoms with Gasteiger partial charge in [-0.15, -0.1) is 11.3 Å². The van der Waals surface area contributed by atoms with Crippen LogP contribution in [-0.4, -0.2) is 63.3 Å². The SMILES string of the molecule is CN(CC(=O)N1CCCN(c2ccc(C#N)cc2)CC1)S(=O)(=O)c1ccc(Cl)s1. The predicted molar refractivity (Wildman–Crippen MR) is 114 cm³/mol. The van der Waals surface area contributed by atoms with Crippen LogP contribution in [0.3, 0.4) is 0 Å². The highest BCUT2D eigenvalue weighted by Gasteiger charge is 2.27. The van der Waals surface area contributed by atoms with E-state index in [1.54, 1.807) is 17.0 Å². The number of likely N-dealkylation sites (N-methyl/N-ethyl adjacent to an activating group) is 1. The molecule has 0 radical (unpaired) electrons. The van der Waals surface area contributed by atoms with Gasteiger partial charge in [-0.25, -0.2) is 8.42 Å². The summed E-state index contributed by atoms with van der Waals surface area (Å²) in [6, 6.07) is 12.4. The minimum Gasteiger partial charge on any atom is -0.370 e. The van der Waals surface area contributed by atoms with Crippen molar-refractivity contribution in [2.45, 2.75) is 10.6 Å². The fraction of sp³-hybridized carbons (Fsp3) is 0.368. The van der Waals surface area contributed by atoms with Crippen molar-refractivity contribution in [3.8, 4) is 6.07 Å². The van der Waals surface area contributed by atoms with Gasteiger partial charge in [-0.05, 0) is 42.8 Å². The number of hydrogen-bond acceptors (Lipinski definition) is 6. The molecule has 1 aliphatic heterocycles. The number of carbonyl (C=O) groups excluding carboxylic acids is 1. The number of hydrogen-bond donors (Lipinski definition) is 0. The molecule has 1 aromatic carbocycles. The first-order chi connectivity index (χ1) is 13.8. The molecule has 0 N–H and O–H groups in total. The third-order valence-electron chi connectivity index (χ3n) is 4.78. The van der Waals surface area contributed by atoms with Gasteiger partial charge in [0, 0.05) is 38.9 Å². The van der Waals surface area contributed by atoms with Gasteiger partial charge in [0.15, 0.2) is 0 Å². The summed E-state index contributed by atoms with van der Waals surface area (Å²) in [5.41, 5.74) is 1.62. The average molecular weight is 453 g/mol. The Hall–Kier alpha value is -2.12. The van der Waals surface area contributed by atoms with Gasteiger partial charge in [-0.3, -0.25) is 4.79 Å². The summed E-state index contributed by atoms with van der Waals surface area (Å²) < 4.78 is 26.8. The first kappa shape index (κ1) is 21.6. The van der Waals surface area contributed by atoms with Crippen LogP contribution in [-0.2, 0) is 14.8 Å². The van der Waals surface area contributed by atoms with Gasteiger partial charge in [-0.2, -0.15) is 9.57 Å². The third-order valence-corrected chi connectivity index (χ3v) is 8.28. The predicted octanol–water partition coefficient (Wildman–Crippen LogP) is 2.63. The summed E-state index contributed by atoms with van der Waals surface area (Å²) >= 11 is 6.81. The lowest BCUT2D eigenvalue weighted by atomic mass is 10.2. The van der Waals surface area contributed by atoms with Crippen molar-refractivity contribution in [1.82, 2.24) is 9.21 Å². The van der Waals surface area contributed by atoms with Crippen LogP contribution in [0, 0.1) is 11.3 Å². The number of benzene rings is 1. The van der Waals surface area contributed by atoms with Gasteiger partial charge in [0.2, 0.25) is 5.91 Å². The molecule has 0 bridgehead atoms. The van der Waals surface area contributed by atoms with Gasteiger partial charge in [0.05, 0.1) is 22.5 Å². The van der Waals surface area contributed by atoms with Gasteiger partial charge >= 0.3 is 0 Å². The van der Waals surface area contributed by atoms with Crippen molar-refractivity contribution in [3.63, 3.8) is 0 Å². The maximum atomic E-state index is 12.7. The molecule has 0 saturated carbocycles. The highest BCUT2D eigenvalue weighted by Crippen LogP contribution is 2.27. The van der Waals surface area contributed by atoms with E-state index in [-0.39, 0.29) is 16.7 Å². The fourth-order valence-electron chi connectivity index (χ4n) is 3.14. The molecule has 29 heavy (non-hydrogen) atoms. The molecule has 1 aliphatic rings. The Morgan fingerprint density at radius 1 is 1.17 bits per heavy atom. The number of anilines is 1. The number of carbonyl (C=O) groups is 1. The summed E-state index contributed by atoms with van der Waals surface area (Å²) in [5.74, 6) is -0.222. The zero-order valence-corrected chi connectivity index (χ0v) is 18.3. The Bertz CT molecular complexity index is 1010. The molecule has 7 nitrogen and oxygen atoms in total. The normalized spacial score (nSPS) is 15.2. The van der Waals surface area contributed by atoms with E-state index in [1.165, 1.54) is 19.2 Å². The quantitative estimate of drug-likeness (QED) is 0.696. The molecule has 1 saturated heterocycles. The third kappa shape index (κ3) is 5.08. The van der Waals surface area contributed by atoms with Crippen LogP contribution in [0.2, 0.25) is 4.34 Å². The number of thiophene rings is 1. The first-order valence-electron chi connectivity index (χ1n) is 9.06. The maximum Gasteiger partial charge on any atom is 0.252 e. The van der Waals surface area contributed by atoms with Crippen LogP contribution in [0.5, 0.6) is 0 Å². The molecular weight excluding hydrogens is 432 g/mol. The van der Waals surface area contributed by atoms with E-state index >= 15 is 0 Å². The molecule has 10 heteroatoms. The van der Waals surface area contributed by atoms with Crippen molar-refractivity contribution in [3.05, 3.63) is 46.3 Å². The molecule has 0 unspecified atom stereocenters. The molecule has 3 rings (SSSR count). The second-order valence-corrected chi connectivity index (χ2v) is 10.7. The van der Waals surface area contributed by atoms with Crippen LogP contribution >= 0.6 is 22.9 Å². The molecular formula is C19H21ClN4O3S2. The molecule has 0 atom stereocenters. The number of nitrogens with zero attached hydrogens (tertiary/aromatic N) is 4. The molecule has 2 aromatic rings. The standard InChI is InChI=1S/C19H21ClN4O3S2/c1-22(29(26,27)19-8-7-17(20)28-19)14-18(25)24-10-2-9-23(11-12-24)16-5-3-15(13-21)4-6-16/h3-8H,2,9-12,14H2,1H3. The molecule has 2 heterocycles. The van der Waals surface area contributed by atoms with Crippen molar-refractivity contribution in [2.24, 2.45) is 0 Å². The van der Waals surface area contributed by atoms with E-state index in [0.29, 0.717) is 29.5 Å². The average Bonchev–Trinajstić information content (AvgIpc) is 3.01. The Morgan fingerprint density at radius 2 is 1.90 bits per heavy atom. The Kier molecular flexibility index (Phi) is 6.80. The Labute approximate surface area is 179 Å². The summed E-state index contributed by atoms with van der Waals surface area (Å²) in [7, 11) is -2.33. The summed E-state index contributed by atoms with van der Waals surface area (Å²) in [4.78, 5) is 16.6. The molecule has 0 spiro atoms. The molecule has 1 aromatic heterocycles.